The molecule has 0 radical (unpaired) electrons. The van der Waals surface area contributed by atoms with Crippen LogP contribution in [0.2, 0.25) is 5.02 Å². The van der Waals surface area contributed by atoms with Crippen LogP contribution in [0, 0.1) is 0 Å². The molecule has 0 aromatic heterocycles. The van der Waals surface area contributed by atoms with Crippen molar-refractivity contribution in [1.29, 1.82) is 0 Å². The number of benzene rings is 2. The molecule has 2 aliphatic heterocycles. The molecule has 0 atom stereocenters. The summed E-state index contributed by atoms with van der Waals surface area (Å²) in [6, 6.07) is 12.8. The normalized spacial score (nSPS) is 17.5. The number of amides is 2. The van der Waals surface area contributed by atoms with Crippen molar-refractivity contribution in [1.82, 2.24) is 5.32 Å². The van der Waals surface area contributed by atoms with E-state index < -0.39 is 11.8 Å². The summed E-state index contributed by atoms with van der Waals surface area (Å²) in [4.78, 5) is 29.3. The van der Waals surface area contributed by atoms with Gasteiger partial charge < -0.3 is 4.90 Å². The summed E-state index contributed by atoms with van der Waals surface area (Å²) in [6.07, 6.45) is 4.94. The van der Waals surface area contributed by atoms with Gasteiger partial charge in [0.1, 0.15) is 5.57 Å². The van der Waals surface area contributed by atoms with Gasteiger partial charge in [-0.25, -0.2) is 0 Å². The monoisotopic (exact) mass is 439 g/mol. The number of anilines is 2. The lowest BCUT2D eigenvalue weighted by molar-refractivity contribution is -0.122. The van der Waals surface area contributed by atoms with Crippen molar-refractivity contribution in [2.75, 3.05) is 22.9 Å². The van der Waals surface area contributed by atoms with Crippen LogP contribution in [0.25, 0.3) is 6.08 Å². The zero-order chi connectivity index (χ0) is 21.3. The van der Waals surface area contributed by atoms with E-state index >= 15 is 0 Å². The van der Waals surface area contributed by atoms with Gasteiger partial charge >= 0.3 is 0 Å². The van der Waals surface area contributed by atoms with E-state index in [1.54, 1.807) is 30.3 Å². The highest BCUT2D eigenvalue weighted by atomic mass is 35.5. The Morgan fingerprint density at radius 2 is 1.93 bits per heavy atom. The van der Waals surface area contributed by atoms with Gasteiger partial charge in [0.25, 0.3) is 11.8 Å². The Hall–Kier alpha value is -2.70. The Balaban J connectivity index is 1.62. The summed E-state index contributed by atoms with van der Waals surface area (Å²) in [5, 5.41) is 3.23. The lowest BCUT2D eigenvalue weighted by atomic mass is 10.0. The van der Waals surface area contributed by atoms with Crippen molar-refractivity contribution in [2.45, 2.75) is 26.2 Å². The summed E-state index contributed by atoms with van der Waals surface area (Å²) in [5.41, 5.74) is 3.93. The van der Waals surface area contributed by atoms with E-state index in [0.29, 0.717) is 10.7 Å². The Labute approximate surface area is 186 Å². The minimum Gasteiger partial charge on any atom is -0.371 e. The summed E-state index contributed by atoms with van der Waals surface area (Å²) < 4.78 is 0. The van der Waals surface area contributed by atoms with E-state index in [9.17, 15) is 9.59 Å². The molecule has 0 spiro atoms. The van der Waals surface area contributed by atoms with Crippen LogP contribution in [-0.4, -0.2) is 30.0 Å². The lowest BCUT2D eigenvalue weighted by Gasteiger charge is -2.29. The lowest BCUT2D eigenvalue weighted by Crippen LogP contribution is -2.54. The van der Waals surface area contributed by atoms with Crippen molar-refractivity contribution < 1.29 is 9.59 Å². The number of nitrogens with one attached hydrogen (secondary N) is 1. The van der Waals surface area contributed by atoms with Gasteiger partial charge in [0.2, 0.25) is 0 Å². The van der Waals surface area contributed by atoms with Crippen molar-refractivity contribution in [2.24, 2.45) is 0 Å². The van der Waals surface area contributed by atoms with Crippen LogP contribution in [0.3, 0.4) is 0 Å². The Morgan fingerprint density at radius 1 is 1.17 bits per heavy atom. The maximum Gasteiger partial charge on any atom is 0.270 e. The molecule has 1 saturated heterocycles. The molecular formula is C23H22ClN3O2S. The first-order valence-electron chi connectivity index (χ1n) is 10.0. The number of hydrogen-bond acceptors (Lipinski definition) is 4. The van der Waals surface area contributed by atoms with Crippen LogP contribution in [0.5, 0.6) is 0 Å². The molecule has 2 aromatic carbocycles. The minimum atomic E-state index is -0.486. The van der Waals surface area contributed by atoms with Crippen LogP contribution in [0.1, 0.15) is 30.9 Å². The standard InChI is InChI=1S/C23H22ClN3O2S/c1-2-3-11-26-12-10-16-13-15(4-9-20(16)26)14-19-21(28)25-23(30)27(22(19)29)18-7-5-17(24)6-8-18/h4-9,13-14H,2-3,10-12H2,1H3,(H,25,28,30). The predicted molar refractivity (Wildman–Crippen MR) is 125 cm³/mol. The Kier molecular flexibility index (Phi) is 5.88. The van der Waals surface area contributed by atoms with Crippen LogP contribution >= 0.6 is 23.8 Å². The van der Waals surface area contributed by atoms with Gasteiger partial charge in [0, 0.05) is 23.8 Å². The molecule has 4 rings (SSSR count). The van der Waals surface area contributed by atoms with Crippen molar-refractivity contribution in [3.63, 3.8) is 0 Å². The zero-order valence-corrected chi connectivity index (χ0v) is 18.2. The smallest absolute Gasteiger partial charge is 0.270 e. The van der Waals surface area contributed by atoms with Crippen molar-refractivity contribution >= 4 is 58.2 Å². The van der Waals surface area contributed by atoms with Crippen molar-refractivity contribution in [3.8, 4) is 0 Å². The molecule has 5 nitrogen and oxygen atoms in total. The fourth-order valence-corrected chi connectivity index (χ4v) is 4.22. The highest BCUT2D eigenvalue weighted by Gasteiger charge is 2.34. The summed E-state index contributed by atoms with van der Waals surface area (Å²) in [7, 11) is 0. The molecule has 1 fully saturated rings. The molecule has 2 aromatic rings. The van der Waals surface area contributed by atoms with E-state index in [-0.39, 0.29) is 10.7 Å². The number of unbranched alkanes of at least 4 members (excludes halogenated alkanes) is 1. The van der Waals surface area contributed by atoms with Gasteiger partial charge in [-0.3, -0.25) is 19.8 Å². The molecule has 2 aliphatic rings. The first-order chi connectivity index (χ1) is 14.5. The summed E-state index contributed by atoms with van der Waals surface area (Å²) in [5.74, 6) is -0.934. The molecule has 2 amide bonds. The third kappa shape index (κ3) is 3.98. The van der Waals surface area contributed by atoms with Gasteiger partial charge in [-0.2, -0.15) is 0 Å². The first kappa shape index (κ1) is 20.6. The number of halogens is 1. The molecule has 0 bridgehead atoms. The van der Waals surface area contributed by atoms with Crippen molar-refractivity contribution in [3.05, 3.63) is 64.2 Å². The summed E-state index contributed by atoms with van der Waals surface area (Å²) >= 11 is 11.2. The largest absolute Gasteiger partial charge is 0.371 e. The molecule has 30 heavy (non-hydrogen) atoms. The molecular weight excluding hydrogens is 418 g/mol. The molecule has 0 saturated carbocycles. The highest BCUT2D eigenvalue weighted by molar-refractivity contribution is 7.80. The van der Waals surface area contributed by atoms with Gasteiger partial charge in [0.15, 0.2) is 5.11 Å². The molecule has 0 unspecified atom stereocenters. The van der Waals surface area contributed by atoms with Crippen LogP contribution in [0.4, 0.5) is 11.4 Å². The number of rotatable bonds is 5. The quantitative estimate of drug-likeness (QED) is 0.428. The maximum absolute atomic E-state index is 13.1. The van der Waals surface area contributed by atoms with Gasteiger partial charge in [0.05, 0.1) is 5.69 Å². The fourth-order valence-electron chi connectivity index (χ4n) is 3.81. The van der Waals surface area contributed by atoms with E-state index in [2.05, 4.69) is 29.3 Å². The molecule has 1 N–H and O–H groups in total. The number of carbonyl (C=O) groups excluding carboxylic acids is 2. The predicted octanol–water partition coefficient (Wildman–Crippen LogP) is 4.33. The number of nitrogens with zero attached hydrogens (tertiary/aromatic N) is 2. The maximum atomic E-state index is 13.1. The number of fused-ring (bicyclic) bond motifs is 1. The number of hydrogen-bond donors (Lipinski definition) is 1. The average Bonchev–Trinajstić information content (AvgIpc) is 3.13. The number of carbonyl (C=O) groups is 2. The molecule has 0 aliphatic carbocycles. The SMILES string of the molecule is CCCCN1CCc2cc(C=C3C(=O)NC(=S)N(c4ccc(Cl)cc4)C3=O)ccc21. The third-order valence-corrected chi connectivity index (χ3v) is 5.91. The molecule has 7 heteroatoms. The van der Waals surface area contributed by atoms with Crippen LogP contribution in [0.15, 0.2) is 48.0 Å². The third-order valence-electron chi connectivity index (χ3n) is 5.37. The van der Waals surface area contributed by atoms with Gasteiger partial charge in [-0.15, -0.1) is 0 Å². The second kappa shape index (κ2) is 8.58. The van der Waals surface area contributed by atoms with Crippen LogP contribution < -0.4 is 15.1 Å². The molecule has 154 valence electrons. The summed E-state index contributed by atoms with van der Waals surface area (Å²) in [6.45, 7) is 4.25. The Morgan fingerprint density at radius 3 is 2.67 bits per heavy atom. The van der Waals surface area contributed by atoms with Gasteiger partial charge in [-0.1, -0.05) is 31.0 Å². The van der Waals surface area contributed by atoms with E-state index in [1.807, 2.05) is 6.07 Å². The first-order valence-corrected chi connectivity index (χ1v) is 10.8. The van der Waals surface area contributed by atoms with E-state index in [1.165, 1.54) is 29.0 Å². The highest BCUT2D eigenvalue weighted by Crippen LogP contribution is 2.30. The fraction of sp³-hybridized carbons (Fsp3) is 0.261. The second-order valence-corrected chi connectivity index (χ2v) is 8.24. The second-order valence-electron chi connectivity index (χ2n) is 7.41. The topological polar surface area (TPSA) is 52.7 Å². The minimum absolute atomic E-state index is 0.0549. The average molecular weight is 440 g/mol. The number of thiocarbonyl (C=S) groups is 1. The zero-order valence-electron chi connectivity index (χ0n) is 16.7. The van der Waals surface area contributed by atoms with Crippen LogP contribution in [-0.2, 0) is 16.0 Å². The van der Waals surface area contributed by atoms with Gasteiger partial charge in [-0.05, 0) is 78.7 Å². The van der Waals surface area contributed by atoms with E-state index in [0.717, 1.165) is 25.1 Å². The van der Waals surface area contributed by atoms with E-state index in [4.69, 9.17) is 23.8 Å². The molecule has 2 heterocycles. The Bertz CT molecular complexity index is 1050.